The number of nitrogens with zero attached hydrogens (tertiary/aromatic N) is 6. The summed E-state index contributed by atoms with van der Waals surface area (Å²) >= 11 is 0. The largest absolute Gasteiger partial charge is 0.381 e. The molecule has 4 heterocycles. The minimum absolute atomic E-state index is 0.176. The lowest BCUT2D eigenvalue weighted by molar-refractivity contribution is 0.100. The molecule has 0 unspecified atom stereocenters. The van der Waals surface area contributed by atoms with Crippen molar-refractivity contribution < 1.29 is 4.79 Å². The van der Waals surface area contributed by atoms with Gasteiger partial charge in [-0.2, -0.15) is 5.26 Å². The maximum atomic E-state index is 11.9. The van der Waals surface area contributed by atoms with Crippen molar-refractivity contribution in [3.05, 3.63) is 60.4 Å². The van der Waals surface area contributed by atoms with E-state index in [0.29, 0.717) is 28.6 Å². The molecule has 0 aliphatic carbocycles. The van der Waals surface area contributed by atoms with Crippen LogP contribution in [0.5, 0.6) is 0 Å². The number of piperidine rings is 1. The third-order valence-corrected chi connectivity index (χ3v) is 5.09. The quantitative estimate of drug-likeness (QED) is 0.550. The van der Waals surface area contributed by atoms with Crippen molar-refractivity contribution in [2.75, 3.05) is 28.6 Å². The van der Waals surface area contributed by atoms with Gasteiger partial charge in [-0.15, -0.1) is 0 Å². The molecule has 0 radical (unpaired) electrons. The SMILES string of the molecule is N#Cc1ccc(N2CCC(Nc3cc(Nc4ccncn4)ncc3C(N)=O)CC2)cn1. The Morgan fingerprint density at radius 2 is 1.97 bits per heavy atom. The lowest BCUT2D eigenvalue weighted by Gasteiger charge is -2.34. The minimum Gasteiger partial charge on any atom is -0.381 e. The van der Waals surface area contributed by atoms with Gasteiger partial charge < -0.3 is 21.3 Å². The van der Waals surface area contributed by atoms with Crippen LogP contribution in [0.25, 0.3) is 0 Å². The zero-order valence-corrected chi connectivity index (χ0v) is 16.7. The Balaban J connectivity index is 1.43. The molecule has 1 amide bonds. The average Bonchev–Trinajstić information content (AvgIpc) is 2.80. The molecule has 1 aliphatic heterocycles. The second-order valence-electron chi connectivity index (χ2n) is 7.12. The van der Waals surface area contributed by atoms with Gasteiger partial charge in [-0.3, -0.25) is 4.79 Å². The average molecular weight is 415 g/mol. The molecular formula is C21H21N9O. The lowest BCUT2D eigenvalue weighted by atomic mass is 10.0. The fourth-order valence-electron chi connectivity index (χ4n) is 3.48. The number of carbonyl (C=O) groups excluding carboxylic acids is 1. The van der Waals surface area contributed by atoms with Gasteiger partial charge in [0.1, 0.15) is 29.7 Å². The van der Waals surface area contributed by atoms with Crippen LogP contribution in [0, 0.1) is 11.3 Å². The molecule has 0 atom stereocenters. The van der Waals surface area contributed by atoms with Crippen LogP contribution in [0.15, 0.2) is 49.2 Å². The Kier molecular flexibility index (Phi) is 5.84. The molecule has 0 bridgehead atoms. The van der Waals surface area contributed by atoms with Crippen molar-refractivity contribution in [3.63, 3.8) is 0 Å². The first-order valence-corrected chi connectivity index (χ1v) is 9.83. The smallest absolute Gasteiger partial charge is 0.252 e. The van der Waals surface area contributed by atoms with E-state index >= 15 is 0 Å². The maximum Gasteiger partial charge on any atom is 0.252 e. The number of anilines is 4. The zero-order chi connectivity index (χ0) is 21.6. The Morgan fingerprint density at radius 1 is 1.13 bits per heavy atom. The van der Waals surface area contributed by atoms with Gasteiger partial charge in [0, 0.05) is 37.6 Å². The first-order valence-electron chi connectivity index (χ1n) is 9.83. The van der Waals surface area contributed by atoms with Crippen molar-refractivity contribution >= 4 is 28.9 Å². The van der Waals surface area contributed by atoms with Gasteiger partial charge in [0.05, 0.1) is 23.1 Å². The molecule has 0 saturated carbocycles. The molecule has 3 aromatic rings. The number of aromatic nitrogens is 4. The molecule has 1 saturated heterocycles. The summed E-state index contributed by atoms with van der Waals surface area (Å²) in [4.78, 5) is 30.5. The van der Waals surface area contributed by atoms with Crippen LogP contribution in [0.3, 0.4) is 0 Å². The van der Waals surface area contributed by atoms with Gasteiger partial charge in [0.2, 0.25) is 0 Å². The topological polar surface area (TPSA) is 146 Å². The van der Waals surface area contributed by atoms with Gasteiger partial charge >= 0.3 is 0 Å². The van der Waals surface area contributed by atoms with Gasteiger partial charge in [-0.1, -0.05) is 0 Å². The molecule has 4 rings (SSSR count). The number of primary amides is 1. The maximum absolute atomic E-state index is 11.9. The van der Waals surface area contributed by atoms with Crippen molar-refractivity contribution in [2.45, 2.75) is 18.9 Å². The number of hydrogen-bond acceptors (Lipinski definition) is 9. The van der Waals surface area contributed by atoms with Crippen molar-refractivity contribution in [3.8, 4) is 6.07 Å². The number of nitrogens with one attached hydrogen (secondary N) is 2. The Hall–Kier alpha value is -4.26. The van der Waals surface area contributed by atoms with E-state index in [9.17, 15) is 4.79 Å². The summed E-state index contributed by atoms with van der Waals surface area (Å²) < 4.78 is 0. The zero-order valence-electron chi connectivity index (χ0n) is 16.7. The Bertz CT molecular complexity index is 1090. The normalized spacial score (nSPS) is 14.0. The molecule has 0 spiro atoms. The first kappa shape index (κ1) is 20.0. The number of rotatable bonds is 6. The monoisotopic (exact) mass is 415 g/mol. The van der Waals surface area contributed by atoms with E-state index in [1.54, 1.807) is 30.6 Å². The van der Waals surface area contributed by atoms with Crippen LogP contribution in [-0.4, -0.2) is 45.0 Å². The Morgan fingerprint density at radius 3 is 2.61 bits per heavy atom. The summed E-state index contributed by atoms with van der Waals surface area (Å²) in [5.74, 6) is 0.613. The molecular weight excluding hydrogens is 394 g/mol. The summed E-state index contributed by atoms with van der Waals surface area (Å²) in [6, 6.07) is 9.34. The van der Waals surface area contributed by atoms with E-state index in [1.807, 2.05) is 12.1 Å². The van der Waals surface area contributed by atoms with E-state index in [0.717, 1.165) is 31.6 Å². The summed E-state index contributed by atoms with van der Waals surface area (Å²) in [5, 5.41) is 15.4. The van der Waals surface area contributed by atoms with Gasteiger partial charge in [0.15, 0.2) is 0 Å². The third kappa shape index (κ3) is 4.84. The highest BCUT2D eigenvalue weighted by molar-refractivity contribution is 5.98. The van der Waals surface area contributed by atoms with Crippen molar-refractivity contribution in [2.24, 2.45) is 5.73 Å². The van der Waals surface area contributed by atoms with E-state index in [-0.39, 0.29) is 6.04 Å². The van der Waals surface area contributed by atoms with E-state index in [4.69, 9.17) is 11.0 Å². The van der Waals surface area contributed by atoms with Crippen molar-refractivity contribution in [1.82, 2.24) is 19.9 Å². The lowest BCUT2D eigenvalue weighted by Crippen LogP contribution is -2.39. The van der Waals surface area contributed by atoms with Crippen LogP contribution in [0.2, 0.25) is 0 Å². The number of amides is 1. The molecule has 156 valence electrons. The molecule has 3 aromatic heterocycles. The summed E-state index contributed by atoms with van der Waals surface area (Å²) in [6.45, 7) is 1.66. The highest BCUT2D eigenvalue weighted by atomic mass is 16.1. The standard InChI is InChI=1S/C21H21N9O/c22-10-15-1-2-16(11-25-15)30-7-4-14(5-8-30)28-18-9-20(26-12-17(18)21(23)31)29-19-3-6-24-13-27-19/h1-3,6,9,11-14H,4-5,7-8H2,(H2,23,31)(H2,24,26,27,28,29). The first-order chi connectivity index (χ1) is 15.1. The molecule has 31 heavy (non-hydrogen) atoms. The van der Waals surface area contributed by atoms with Crippen LogP contribution in [-0.2, 0) is 0 Å². The molecule has 10 nitrogen and oxygen atoms in total. The predicted octanol–water partition coefficient (Wildman–Crippen LogP) is 2.06. The summed E-state index contributed by atoms with van der Waals surface area (Å²) in [6.07, 6.45) is 8.00. The Labute approximate surface area is 179 Å². The summed E-state index contributed by atoms with van der Waals surface area (Å²) in [7, 11) is 0. The fraction of sp³-hybridized carbons (Fsp3) is 0.238. The predicted molar refractivity (Wildman–Crippen MR) is 116 cm³/mol. The van der Waals surface area contributed by atoms with E-state index < -0.39 is 5.91 Å². The highest BCUT2D eigenvalue weighted by Gasteiger charge is 2.21. The van der Waals surface area contributed by atoms with E-state index in [1.165, 1.54) is 12.5 Å². The number of carbonyl (C=O) groups is 1. The minimum atomic E-state index is -0.537. The second kappa shape index (κ2) is 9.04. The van der Waals surface area contributed by atoms with E-state index in [2.05, 4.69) is 35.5 Å². The third-order valence-electron chi connectivity index (χ3n) is 5.09. The van der Waals surface area contributed by atoms with Gasteiger partial charge in [-0.05, 0) is 31.0 Å². The molecule has 4 N–H and O–H groups in total. The van der Waals surface area contributed by atoms with Crippen LogP contribution < -0.4 is 21.3 Å². The number of hydrogen-bond donors (Lipinski definition) is 3. The van der Waals surface area contributed by atoms with Crippen LogP contribution >= 0.6 is 0 Å². The van der Waals surface area contributed by atoms with Gasteiger partial charge in [-0.25, -0.2) is 19.9 Å². The summed E-state index contributed by atoms with van der Waals surface area (Å²) in [5.41, 5.74) is 7.92. The molecule has 10 heteroatoms. The van der Waals surface area contributed by atoms with Crippen molar-refractivity contribution in [1.29, 1.82) is 5.26 Å². The number of nitrogens with two attached hydrogens (primary N) is 1. The second-order valence-corrected chi connectivity index (χ2v) is 7.12. The number of pyridine rings is 2. The van der Waals surface area contributed by atoms with Crippen LogP contribution in [0.1, 0.15) is 28.9 Å². The molecule has 0 aromatic carbocycles. The van der Waals surface area contributed by atoms with Crippen LogP contribution in [0.4, 0.5) is 23.0 Å². The van der Waals surface area contributed by atoms with Gasteiger partial charge in [0.25, 0.3) is 5.91 Å². The molecule has 1 aliphatic rings. The number of nitriles is 1. The molecule has 1 fully saturated rings. The highest BCUT2D eigenvalue weighted by Crippen LogP contribution is 2.25. The fourth-order valence-corrected chi connectivity index (χ4v) is 3.48.